The Balaban J connectivity index is 0.00000144. The Labute approximate surface area is 154 Å². The van der Waals surface area contributed by atoms with Crippen LogP contribution in [0.1, 0.15) is 30.7 Å². The van der Waals surface area contributed by atoms with Crippen LogP contribution < -0.4 is 10.6 Å². The van der Waals surface area contributed by atoms with E-state index in [-0.39, 0.29) is 36.8 Å². The van der Waals surface area contributed by atoms with E-state index in [9.17, 15) is 4.79 Å². The lowest BCUT2D eigenvalue weighted by atomic mass is 10.0. The molecule has 0 bridgehead atoms. The summed E-state index contributed by atoms with van der Waals surface area (Å²) in [4.78, 5) is 20.7. The summed E-state index contributed by atoms with van der Waals surface area (Å²) in [5.41, 5.74) is 0.991. The van der Waals surface area contributed by atoms with E-state index in [1.807, 2.05) is 29.8 Å². The van der Waals surface area contributed by atoms with E-state index in [1.165, 1.54) is 0 Å². The second-order valence-corrected chi connectivity index (χ2v) is 5.59. The number of aromatic nitrogens is 3. The van der Waals surface area contributed by atoms with Crippen molar-refractivity contribution < 1.29 is 4.79 Å². The summed E-state index contributed by atoms with van der Waals surface area (Å²) >= 11 is 0. The van der Waals surface area contributed by atoms with Crippen molar-refractivity contribution in [1.82, 2.24) is 25.2 Å². The lowest BCUT2D eigenvalue weighted by Crippen LogP contribution is -2.46. The predicted molar refractivity (Wildman–Crippen MR) is 98.1 cm³/mol. The van der Waals surface area contributed by atoms with E-state index in [1.54, 1.807) is 12.4 Å². The molecule has 24 heavy (non-hydrogen) atoms. The fourth-order valence-corrected chi connectivity index (χ4v) is 2.67. The quantitative estimate of drug-likeness (QED) is 0.863. The third-order valence-electron chi connectivity index (χ3n) is 3.98. The average Bonchev–Trinajstić information content (AvgIpc) is 3.00. The van der Waals surface area contributed by atoms with E-state index in [0.29, 0.717) is 6.54 Å². The van der Waals surface area contributed by atoms with Crippen molar-refractivity contribution in [1.29, 1.82) is 0 Å². The molecule has 1 aliphatic rings. The maximum Gasteiger partial charge on any atom is 0.237 e. The second-order valence-electron chi connectivity index (χ2n) is 5.59. The third-order valence-corrected chi connectivity index (χ3v) is 3.98. The number of aryl methyl sites for hydroxylation is 1. The molecule has 0 aliphatic carbocycles. The molecule has 2 aromatic heterocycles. The van der Waals surface area contributed by atoms with Gasteiger partial charge in [0.2, 0.25) is 5.91 Å². The SMILES string of the molecule is Cc1nccn1-c1ccc(CNC(=O)C2CCCCN2)cn1.Cl.Cl. The predicted octanol–water partition coefficient (Wildman–Crippen LogP) is 2.18. The number of imidazole rings is 1. The van der Waals surface area contributed by atoms with Gasteiger partial charge in [-0.1, -0.05) is 12.5 Å². The number of amides is 1. The van der Waals surface area contributed by atoms with Gasteiger partial charge in [-0.3, -0.25) is 9.36 Å². The molecule has 0 saturated carbocycles. The normalized spacial score (nSPS) is 16.6. The van der Waals surface area contributed by atoms with Gasteiger partial charge in [-0.25, -0.2) is 9.97 Å². The zero-order valence-corrected chi connectivity index (χ0v) is 15.2. The molecule has 8 heteroatoms. The Morgan fingerprint density at radius 3 is 2.75 bits per heavy atom. The lowest BCUT2D eigenvalue weighted by molar-refractivity contribution is -0.123. The van der Waals surface area contributed by atoms with Gasteiger partial charge in [0.15, 0.2) is 0 Å². The van der Waals surface area contributed by atoms with Crippen molar-refractivity contribution in [2.45, 2.75) is 38.8 Å². The molecule has 1 fully saturated rings. The highest BCUT2D eigenvalue weighted by atomic mass is 35.5. The fraction of sp³-hybridized carbons (Fsp3) is 0.438. The zero-order chi connectivity index (χ0) is 15.4. The van der Waals surface area contributed by atoms with Crippen LogP contribution in [0.25, 0.3) is 5.82 Å². The largest absolute Gasteiger partial charge is 0.351 e. The first-order valence-electron chi connectivity index (χ1n) is 7.70. The van der Waals surface area contributed by atoms with Crippen molar-refractivity contribution in [3.63, 3.8) is 0 Å². The monoisotopic (exact) mass is 371 g/mol. The molecule has 0 spiro atoms. The standard InChI is InChI=1S/C16H21N5O.2ClH/c1-12-17-8-9-21(12)15-6-5-13(10-19-15)11-20-16(22)14-4-2-3-7-18-14;;/h5-6,8-10,14,18H,2-4,7,11H2,1H3,(H,20,22);2*1H. The molecular formula is C16H23Cl2N5O. The number of pyridine rings is 1. The van der Waals surface area contributed by atoms with Crippen molar-refractivity contribution in [2.24, 2.45) is 0 Å². The molecule has 1 unspecified atom stereocenters. The van der Waals surface area contributed by atoms with Crippen LogP contribution in [0.5, 0.6) is 0 Å². The van der Waals surface area contributed by atoms with Crippen LogP contribution in [-0.2, 0) is 11.3 Å². The number of carbonyl (C=O) groups is 1. The van der Waals surface area contributed by atoms with Gasteiger partial charge in [0, 0.05) is 25.1 Å². The van der Waals surface area contributed by atoms with E-state index in [0.717, 1.165) is 43.0 Å². The fourth-order valence-electron chi connectivity index (χ4n) is 2.67. The average molecular weight is 372 g/mol. The van der Waals surface area contributed by atoms with Crippen LogP contribution in [0.4, 0.5) is 0 Å². The van der Waals surface area contributed by atoms with E-state index >= 15 is 0 Å². The van der Waals surface area contributed by atoms with Gasteiger partial charge in [-0.05, 0) is 37.9 Å². The van der Waals surface area contributed by atoms with E-state index in [4.69, 9.17) is 0 Å². The van der Waals surface area contributed by atoms with Crippen molar-refractivity contribution >= 4 is 30.7 Å². The van der Waals surface area contributed by atoms with Gasteiger partial charge in [0.1, 0.15) is 11.6 Å². The van der Waals surface area contributed by atoms with E-state index < -0.39 is 0 Å². The first-order valence-corrected chi connectivity index (χ1v) is 7.70. The van der Waals surface area contributed by atoms with Gasteiger partial charge in [-0.15, -0.1) is 24.8 Å². The van der Waals surface area contributed by atoms with Crippen LogP contribution in [0, 0.1) is 6.92 Å². The van der Waals surface area contributed by atoms with Gasteiger partial charge in [0.05, 0.1) is 6.04 Å². The van der Waals surface area contributed by atoms with Crippen LogP contribution in [-0.4, -0.2) is 33.0 Å². The molecule has 3 rings (SSSR count). The Hall–Kier alpha value is -1.63. The summed E-state index contributed by atoms with van der Waals surface area (Å²) in [6.45, 7) is 3.37. The van der Waals surface area contributed by atoms with Gasteiger partial charge < -0.3 is 10.6 Å². The molecule has 1 amide bonds. The number of nitrogens with one attached hydrogen (secondary N) is 2. The number of hydrogen-bond acceptors (Lipinski definition) is 4. The lowest BCUT2D eigenvalue weighted by Gasteiger charge is -2.22. The third kappa shape index (κ3) is 4.93. The molecule has 3 heterocycles. The second kappa shape index (κ2) is 9.61. The highest BCUT2D eigenvalue weighted by molar-refractivity contribution is 5.85. The molecule has 132 valence electrons. The van der Waals surface area contributed by atoms with Crippen molar-refractivity contribution in [2.75, 3.05) is 6.54 Å². The molecule has 1 atom stereocenters. The van der Waals surface area contributed by atoms with Gasteiger partial charge in [0.25, 0.3) is 0 Å². The molecular weight excluding hydrogens is 349 g/mol. The first kappa shape index (κ1) is 20.4. The molecule has 6 nitrogen and oxygen atoms in total. The van der Waals surface area contributed by atoms with Crippen LogP contribution in [0.15, 0.2) is 30.7 Å². The highest BCUT2D eigenvalue weighted by Crippen LogP contribution is 2.09. The number of piperidine rings is 1. The van der Waals surface area contributed by atoms with Crippen molar-refractivity contribution in [3.8, 4) is 5.82 Å². The first-order chi connectivity index (χ1) is 10.7. The van der Waals surface area contributed by atoms with Crippen molar-refractivity contribution in [3.05, 3.63) is 42.1 Å². The maximum absolute atomic E-state index is 12.1. The number of hydrogen-bond donors (Lipinski definition) is 2. The smallest absolute Gasteiger partial charge is 0.237 e. The maximum atomic E-state index is 12.1. The number of rotatable bonds is 4. The molecule has 0 aromatic carbocycles. The Morgan fingerprint density at radius 2 is 2.17 bits per heavy atom. The Kier molecular flexibility index (Phi) is 8.18. The number of halogens is 2. The number of carbonyl (C=O) groups excluding carboxylic acids is 1. The van der Waals surface area contributed by atoms with Gasteiger partial charge in [-0.2, -0.15) is 0 Å². The Bertz CT molecular complexity index is 638. The van der Waals surface area contributed by atoms with Crippen LogP contribution >= 0.6 is 24.8 Å². The molecule has 1 aliphatic heterocycles. The number of nitrogens with zero attached hydrogens (tertiary/aromatic N) is 3. The topological polar surface area (TPSA) is 71.8 Å². The van der Waals surface area contributed by atoms with Crippen LogP contribution in [0.3, 0.4) is 0 Å². The molecule has 1 saturated heterocycles. The van der Waals surface area contributed by atoms with Crippen LogP contribution in [0.2, 0.25) is 0 Å². The summed E-state index contributed by atoms with van der Waals surface area (Å²) in [6, 6.07) is 3.88. The minimum Gasteiger partial charge on any atom is -0.351 e. The van der Waals surface area contributed by atoms with Gasteiger partial charge >= 0.3 is 0 Å². The van der Waals surface area contributed by atoms with E-state index in [2.05, 4.69) is 20.6 Å². The molecule has 2 N–H and O–H groups in total. The molecule has 2 aromatic rings. The minimum atomic E-state index is -0.0467. The minimum absolute atomic E-state index is 0. The Morgan fingerprint density at radius 1 is 1.33 bits per heavy atom. The zero-order valence-electron chi connectivity index (χ0n) is 13.6. The highest BCUT2D eigenvalue weighted by Gasteiger charge is 2.19. The molecule has 0 radical (unpaired) electrons. The summed E-state index contributed by atoms with van der Waals surface area (Å²) < 4.78 is 1.92. The summed E-state index contributed by atoms with van der Waals surface area (Å²) in [6.07, 6.45) is 8.62. The summed E-state index contributed by atoms with van der Waals surface area (Å²) in [7, 11) is 0. The summed E-state index contributed by atoms with van der Waals surface area (Å²) in [5.74, 6) is 1.81. The summed E-state index contributed by atoms with van der Waals surface area (Å²) in [5, 5.41) is 6.22.